The number of piperazine rings is 1. The van der Waals surface area contributed by atoms with E-state index in [-0.39, 0.29) is 0 Å². The van der Waals surface area contributed by atoms with Gasteiger partial charge in [0, 0.05) is 69.4 Å². The molecule has 224 valence electrons. The minimum Gasteiger partial charge on any atom is -0.371 e. The molecule has 2 saturated heterocycles. The summed E-state index contributed by atoms with van der Waals surface area (Å²) in [5.41, 5.74) is 9.85. The predicted molar refractivity (Wildman–Crippen MR) is 179 cm³/mol. The van der Waals surface area contributed by atoms with Crippen LogP contribution < -0.4 is 18.8 Å². The Balaban J connectivity index is 1.05. The number of likely N-dealkylation sites (N-methyl/N-ethyl adjacent to an activating group) is 1. The zero-order valence-corrected chi connectivity index (χ0v) is 26.3. The number of aryl methyl sites for hydroxylation is 2. The topological polar surface area (TPSA) is 69.8 Å². The summed E-state index contributed by atoms with van der Waals surface area (Å²) in [7, 11) is 2.24. The number of benzene rings is 2. The summed E-state index contributed by atoms with van der Waals surface area (Å²) in [6.07, 6.45) is 6.49. The van der Waals surface area contributed by atoms with E-state index in [9.17, 15) is 0 Å². The molecule has 0 spiro atoms. The van der Waals surface area contributed by atoms with Gasteiger partial charge in [0.25, 0.3) is 0 Å². The number of hydrogen-bond donors (Lipinski definition) is 2. The maximum absolute atomic E-state index is 5.13. The average molecular weight is 596 g/mol. The van der Waals surface area contributed by atoms with Crippen LogP contribution in [-0.4, -0.2) is 83.7 Å². The third-order valence-electron chi connectivity index (χ3n) is 9.83. The molecule has 0 amide bonds. The molecule has 4 aliphatic heterocycles. The molecule has 0 radical (unpaired) electrons. The molecule has 4 aliphatic rings. The molecule has 10 heteroatoms. The van der Waals surface area contributed by atoms with Crippen molar-refractivity contribution in [1.29, 1.82) is 0 Å². The number of aromatic amines is 1. The minimum absolute atomic E-state index is 0.619. The Kier molecular flexibility index (Phi) is 6.88. The Morgan fingerprint density at radius 1 is 0.977 bits per heavy atom. The average Bonchev–Trinajstić information content (AvgIpc) is 3.77. The van der Waals surface area contributed by atoms with Crippen LogP contribution in [0.4, 0.5) is 34.5 Å². The van der Waals surface area contributed by atoms with E-state index >= 15 is 0 Å². The summed E-state index contributed by atoms with van der Waals surface area (Å²) in [5.74, 6) is 1.53. The summed E-state index contributed by atoms with van der Waals surface area (Å²) in [4.78, 5) is 21.2. The number of fused-ring (bicyclic) bond motifs is 1. The van der Waals surface area contributed by atoms with Crippen LogP contribution in [0.2, 0.25) is 0 Å². The van der Waals surface area contributed by atoms with Crippen LogP contribution in [-0.2, 0) is 12.8 Å². The zero-order chi connectivity index (χ0) is 29.1. The summed E-state index contributed by atoms with van der Waals surface area (Å²) in [5, 5.41) is 4.66. The lowest BCUT2D eigenvalue weighted by molar-refractivity contribution is 0.0982. The van der Waals surface area contributed by atoms with E-state index in [1.807, 2.05) is 6.20 Å². The molecule has 2 aromatic carbocycles. The maximum atomic E-state index is 5.13. The van der Waals surface area contributed by atoms with Crippen molar-refractivity contribution in [2.45, 2.75) is 45.6 Å². The lowest BCUT2D eigenvalue weighted by Gasteiger charge is -2.43. The first kappa shape index (κ1) is 27.1. The van der Waals surface area contributed by atoms with Crippen LogP contribution in [0.5, 0.6) is 0 Å². The lowest BCUT2D eigenvalue weighted by Crippen LogP contribution is -2.52. The first-order valence-corrected chi connectivity index (χ1v) is 16.6. The lowest BCUT2D eigenvalue weighted by atomic mass is 9.99. The fraction of sp³-hybridized carbons (Fsp3) is 0.455. The van der Waals surface area contributed by atoms with Gasteiger partial charge in [-0.25, -0.2) is 4.31 Å². The number of aromatic nitrogens is 3. The standard InChI is InChI=1S/C33H41N9S/c1-4-23-21-29(40-13-10-25(11-14-40)39-18-16-38(3)17-19-39)22(2)20-27(23)35-33-36-31-26(8-12-34-31)32(37-33)42-28-7-5-6-24-9-15-41(43-42)30(24)28/h5-8,12,20-21,25H,4,9-11,13-19H2,1-3H3,(H2,34,35,36,37). The van der Waals surface area contributed by atoms with Gasteiger partial charge in [0.05, 0.1) is 28.9 Å². The Hall–Kier alpha value is -3.47. The van der Waals surface area contributed by atoms with Crippen molar-refractivity contribution in [3.05, 3.63) is 59.3 Å². The van der Waals surface area contributed by atoms with E-state index in [2.05, 4.69) is 90.9 Å². The monoisotopic (exact) mass is 595 g/mol. The van der Waals surface area contributed by atoms with Gasteiger partial charge in [-0.05, 0) is 80.6 Å². The van der Waals surface area contributed by atoms with Crippen molar-refractivity contribution in [3.63, 3.8) is 0 Å². The van der Waals surface area contributed by atoms with E-state index in [0.717, 1.165) is 61.1 Å². The minimum atomic E-state index is 0.619. The van der Waals surface area contributed by atoms with Crippen LogP contribution in [0.1, 0.15) is 36.5 Å². The van der Waals surface area contributed by atoms with E-state index in [1.54, 1.807) is 12.1 Å². The second-order valence-corrected chi connectivity index (χ2v) is 13.4. The molecule has 0 saturated carbocycles. The van der Waals surface area contributed by atoms with Crippen molar-refractivity contribution in [1.82, 2.24) is 24.8 Å². The Bertz CT molecular complexity index is 1650. The molecule has 2 N–H and O–H groups in total. The predicted octanol–water partition coefficient (Wildman–Crippen LogP) is 5.87. The first-order valence-electron chi connectivity index (χ1n) is 15.9. The number of para-hydroxylation sites is 1. The van der Waals surface area contributed by atoms with Crippen molar-refractivity contribution in [2.24, 2.45) is 0 Å². The molecule has 43 heavy (non-hydrogen) atoms. The summed E-state index contributed by atoms with van der Waals surface area (Å²) in [6, 6.07) is 14.1. The van der Waals surface area contributed by atoms with Gasteiger partial charge in [-0.15, -0.1) is 0 Å². The largest absolute Gasteiger partial charge is 0.371 e. The van der Waals surface area contributed by atoms with E-state index in [0.29, 0.717) is 5.95 Å². The number of nitrogens with one attached hydrogen (secondary N) is 2. The highest BCUT2D eigenvalue weighted by Gasteiger charge is 2.36. The zero-order valence-electron chi connectivity index (χ0n) is 25.4. The molecule has 4 aromatic rings. The first-order chi connectivity index (χ1) is 21.1. The number of rotatable bonds is 6. The quantitative estimate of drug-likeness (QED) is 0.267. The molecule has 8 rings (SSSR count). The molecular weight excluding hydrogens is 554 g/mol. The second-order valence-electron chi connectivity index (χ2n) is 12.5. The second kappa shape index (κ2) is 10.9. The molecule has 9 nitrogen and oxygen atoms in total. The SMILES string of the molecule is CCc1cc(N2CCC(N3CCN(C)CC3)CC2)c(C)cc1Nc1nc(N2SN3CCc4cccc2c43)c2cc[nH]c2n1. The van der Waals surface area contributed by atoms with Gasteiger partial charge >= 0.3 is 0 Å². The van der Waals surface area contributed by atoms with Crippen molar-refractivity contribution >= 4 is 57.7 Å². The van der Waals surface area contributed by atoms with E-state index in [1.165, 1.54) is 72.8 Å². The maximum Gasteiger partial charge on any atom is 0.231 e. The summed E-state index contributed by atoms with van der Waals surface area (Å²) >= 11 is 1.74. The molecular formula is C33H41N9S. The van der Waals surface area contributed by atoms with Gasteiger partial charge in [-0.3, -0.25) is 9.21 Å². The van der Waals surface area contributed by atoms with Crippen molar-refractivity contribution in [2.75, 3.05) is 71.7 Å². The third-order valence-corrected chi connectivity index (χ3v) is 10.9. The van der Waals surface area contributed by atoms with Crippen molar-refractivity contribution in [3.8, 4) is 0 Å². The normalized spacial score (nSPS) is 19.6. The molecule has 0 unspecified atom stereocenters. The smallest absolute Gasteiger partial charge is 0.231 e. The van der Waals surface area contributed by atoms with Crippen LogP contribution in [0.3, 0.4) is 0 Å². The van der Waals surface area contributed by atoms with Gasteiger partial charge in [-0.2, -0.15) is 9.97 Å². The number of anilines is 6. The highest BCUT2D eigenvalue weighted by Crippen LogP contribution is 2.53. The molecule has 6 heterocycles. The van der Waals surface area contributed by atoms with Gasteiger partial charge in [0.15, 0.2) is 5.82 Å². The van der Waals surface area contributed by atoms with Crippen molar-refractivity contribution < 1.29 is 0 Å². The Labute approximate surface area is 258 Å². The molecule has 0 bridgehead atoms. The fourth-order valence-electron chi connectivity index (χ4n) is 7.35. The van der Waals surface area contributed by atoms with E-state index < -0.39 is 0 Å². The highest BCUT2D eigenvalue weighted by molar-refractivity contribution is 8.02. The van der Waals surface area contributed by atoms with Crippen LogP contribution in [0.25, 0.3) is 11.0 Å². The number of H-pyrrole nitrogens is 1. The van der Waals surface area contributed by atoms with Crippen LogP contribution in [0, 0.1) is 6.92 Å². The van der Waals surface area contributed by atoms with Gasteiger partial charge in [-0.1, -0.05) is 19.1 Å². The van der Waals surface area contributed by atoms with Crippen LogP contribution >= 0.6 is 12.1 Å². The van der Waals surface area contributed by atoms with E-state index in [4.69, 9.17) is 9.97 Å². The highest BCUT2D eigenvalue weighted by atomic mass is 32.2. The van der Waals surface area contributed by atoms with Gasteiger partial charge in [0.1, 0.15) is 5.65 Å². The molecule has 2 aromatic heterocycles. The molecule has 2 fully saturated rings. The van der Waals surface area contributed by atoms with Gasteiger partial charge < -0.3 is 20.1 Å². The van der Waals surface area contributed by atoms with Crippen LogP contribution in [0.15, 0.2) is 42.6 Å². The third kappa shape index (κ3) is 4.80. The van der Waals surface area contributed by atoms with Gasteiger partial charge in [0.2, 0.25) is 5.95 Å². The number of hydrogen-bond acceptors (Lipinski definition) is 9. The Morgan fingerprint density at radius 3 is 2.63 bits per heavy atom. The summed E-state index contributed by atoms with van der Waals surface area (Å²) in [6.45, 7) is 12.6. The number of piperidine rings is 1. The molecule has 0 atom stereocenters. The summed E-state index contributed by atoms with van der Waals surface area (Å²) < 4.78 is 4.66. The number of nitrogens with zero attached hydrogens (tertiary/aromatic N) is 7. The fourth-order valence-corrected chi connectivity index (χ4v) is 8.46. The molecule has 0 aliphatic carbocycles. The Morgan fingerprint density at radius 2 is 1.81 bits per heavy atom.